The average molecular weight is 374 g/mol. The number of benzene rings is 1. The van der Waals surface area contributed by atoms with E-state index in [-0.39, 0.29) is 22.4 Å². The molecule has 0 atom stereocenters. The van der Waals surface area contributed by atoms with Crippen molar-refractivity contribution in [1.29, 1.82) is 0 Å². The van der Waals surface area contributed by atoms with Crippen molar-refractivity contribution in [3.8, 4) is 0 Å². The van der Waals surface area contributed by atoms with Crippen LogP contribution in [0.2, 0.25) is 0 Å². The molecule has 24 heavy (non-hydrogen) atoms. The molecule has 0 saturated heterocycles. The van der Waals surface area contributed by atoms with Crippen molar-refractivity contribution in [2.24, 2.45) is 5.73 Å². The summed E-state index contributed by atoms with van der Waals surface area (Å²) in [5.74, 6) is 0. The highest BCUT2D eigenvalue weighted by molar-refractivity contribution is 7.90. The molecule has 2 aliphatic rings. The van der Waals surface area contributed by atoms with Crippen molar-refractivity contribution in [3.63, 3.8) is 0 Å². The summed E-state index contributed by atoms with van der Waals surface area (Å²) < 4.78 is 54.7. The first-order valence-corrected chi connectivity index (χ1v) is 11.1. The summed E-state index contributed by atoms with van der Waals surface area (Å²) >= 11 is 0. The van der Waals surface area contributed by atoms with Crippen LogP contribution >= 0.6 is 0 Å². The maximum absolute atomic E-state index is 12.6. The first-order valence-electron chi connectivity index (χ1n) is 8.13. The fourth-order valence-electron chi connectivity index (χ4n) is 3.03. The number of nitrogens with two attached hydrogens (primary N) is 1. The van der Waals surface area contributed by atoms with Crippen molar-refractivity contribution >= 4 is 20.0 Å². The molecule has 0 aromatic heterocycles. The molecule has 4 N–H and O–H groups in total. The van der Waals surface area contributed by atoms with Gasteiger partial charge in [0.05, 0.1) is 9.79 Å². The fourth-order valence-corrected chi connectivity index (χ4v) is 5.80. The molecule has 2 aliphatic carbocycles. The molecule has 1 aromatic rings. The molecular formula is C15H23N3O4S2. The van der Waals surface area contributed by atoms with E-state index >= 15 is 0 Å². The Kier molecular flexibility index (Phi) is 4.73. The van der Waals surface area contributed by atoms with Gasteiger partial charge in [0.15, 0.2) is 0 Å². The number of hydrogen-bond acceptors (Lipinski definition) is 5. The van der Waals surface area contributed by atoms with Crippen molar-refractivity contribution in [2.75, 3.05) is 6.54 Å². The Hall–Kier alpha value is -1.00. The lowest BCUT2D eigenvalue weighted by Crippen LogP contribution is -2.51. The Morgan fingerprint density at radius 1 is 0.958 bits per heavy atom. The highest BCUT2D eigenvalue weighted by Crippen LogP contribution is 2.30. The van der Waals surface area contributed by atoms with Crippen LogP contribution in [0.1, 0.15) is 38.5 Å². The standard InChI is InChI=1S/C15H23N3O4S2/c16-11-15(9-1-2-10-15)18-24(21,22)14-7-5-13(6-8-14)23(19,20)17-12-3-4-12/h5-8,12,17-18H,1-4,9-11,16H2. The molecule has 0 heterocycles. The third-order valence-electron chi connectivity index (χ3n) is 4.65. The van der Waals surface area contributed by atoms with Gasteiger partial charge in [-0.3, -0.25) is 0 Å². The minimum Gasteiger partial charge on any atom is -0.329 e. The van der Waals surface area contributed by atoms with Gasteiger partial charge in [-0.25, -0.2) is 26.3 Å². The van der Waals surface area contributed by atoms with Crippen LogP contribution in [0, 0.1) is 0 Å². The molecule has 0 unspecified atom stereocenters. The minimum absolute atomic E-state index is 0.00635. The largest absolute Gasteiger partial charge is 0.329 e. The van der Waals surface area contributed by atoms with Gasteiger partial charge in [0, 0.05) is 18.1 Å². The third kappa shape index (κ3) is 3.80. The number of rotatable bonds is 7. The zero-order valence-electron chi connectivity index (χ0n) is 13.4. The van der Waals surface area contributed by atoms with E-state index in [2.05, 4.69) is 9.44 Å². The van der Waals surface area contributed by atoms with Gasteiger partial charge in [-0.15, -0.1) is 0 Å². The second-order valence-corrected chi connectivity index (χ2v) is 10.1. The molecule has 1 aromatic carbocycles. The Balaban J connectivity index is 1.79. The maximum Gasteiger partial charge on any atom is 0.241 e. The van der Waals surface area contributed by atoms with Crippen molar-refractivity contribution in [1.82, 2.24) is 9.44 Å². The summed E-state index contributed by atoms with van der Waals surface area (Å²) in [6.07, 6.45) is 5.03. The Labute approximate surface area is 143 Å². The van der Waals surface area contributed by atoms with E-state index in [0.717, 1.165) is 38.5 Å². The predicted octanol–water partition coefficient (Wildman–Crippen LogP) is 0.677. The third-order valence-corrected chi connectivity index (χ3v) is 7.78. The van der Waals surface area contributed by atoms with E-state index in [0.29, 0.717) is 0 Å². The molecule has 0 radical (unpaired) electrons. The quantitative estimate of drug-likeness (QED) is 0.649. The van der Waals surface area contributed by atoms with Crippen molar-refractivity contribution in [2.45, 2.75) is 59.9 Å². The number of nitrogens with one attached hydrogen (secondary N) is 2. The molecule has 7 nitrogen and oxygen atoms in total. The topological polar surface area (TPSA) is 118 Å². The van der Waals surface area contributed by atoms with Crippen LogP contribution in [-0.2, 0) is 20.0 Å². The molecular weight excluding hydrogens is 350 g/mol. The monoisotopic (exact) mass is 373 g/mol. The predicted molar refractivity (Wildman–Crippen MR) is 90.4 cm³/mol. The average Bonchev–Trinajstić information content (AvgIpc) is 3.22. The van der Waals surface area contributed by atoms with Gasteiger partial charge in [-0.2, -0.15) is 0 Å². The first-order chi connectivity index (χ1) is 11.3. The van der Waals surface area contributed by atoms with E-state index in [1.54, 1.807) is 0 Å². The molecule has 9 heteroatoms. The van der Waals surface area contributed by atoms with Gasteiger partial charge < -0.3 is 5.73 Å². The molecule has 0 spiro atoms. The molecule has 0 amide bonds. The molecule has 134 valence electrons. The van der Waals surface area contributed by atoms with E-state index in [4.69, 9.17) is 5.73 Å². The summed E-state index contributed by atoms with van der Waals surface area (Å²) in [7, 11) is -7.32. The van der Waals surface area contributed by atoms with Gasteiger partial charge in [-0.1, -0.05) is 12.8 Å². The lowest BCUT2D eigenvalue weighted by atomic mass is 10.0. The molecule has 0 aliphatic heterocycles. The van der Waals surface area contributed by atoms with Crippen LogP contribution in [0.3, 0.4) is 0 Å². The van der Waals surface area contributed by atoms with Crippen LogP contribution in [0.5, 0.6) is 0 Å². The van der Waals surface area contributed by atoms with Gasteiger partial charge >= 0.3 is 0 Å². The summed E-state index contributed by atoms with van der Waals surface area (Å²) in [4.78, 5) is 0.121. The van der Waals surface area contributed by atoms with Gasteiger partial charge in [-0.05, 0) is 49.9 Å². The van der Waals surface area contributed by atoms with Gasteiger partial charge in [0.25, 0.3) is 0 Å². The summed E-state index contributed by atoms with van der Waals surface area (Å²) in [6.45, 7) is 0.254. The Morgan fingerprint density at radius 3 is 1.92 bits per heavy atom. The van der Waals surface area contributed by atoms with Crippen LogP contribution in [0.15, 0.2) is 34.1 Å². The highest BCUT2D eigenvalue weighted by atomic mass is 32.2. The molecule has 2 fully saturated rings. The second-order valence-electron chi connectivity index (χ2n) is 6.66. The molecule has 2 saturated carbocycles. The van der Waals surface area contributed by atoms with E-state index in [1.807, 2.05) is 0 Å². The van der Waals surface area contributed by atoms with Gasteiger partial charge in [0.1, 0.15) is 0 Å². The minimum atomic E-state index is -3.73. The lowest BCUT2D eigenvalue weighted by molar-refractivity contribution is 0.399. The van der Waals surface area contributed by atoms with Crippen molar-refractivity contribution in [3.05, 3.63) is 24.3 Å². The molecule has 0 bridgehead atoms. The van der Waals surface area contributed by atoms with Gasteiger partial charge in [0.2, 0.25) is 20.0 Å². The zero-order valence-corrected chi connectivity index (χ0v) is 15.0. The number of sulfonamides is 2. The summed E-state index contributed by atoms with van der Waals surface area (Å²) in [5.41, 5.74) is 5.19. The Morgan fingerprint density at radius 2 is 1.46 bits per heavy atom. The Bertz CT molecular complexity index is 794. The summed E-state index contributed by atoms with van der Waals surface area (Å²) in [6, 6.07) is 5.30. The number of hydrogen-bond donors (Lipinski definition) is 3. The highest BCUT2D eigenvalue weighted by Gasteiger charge is 2.37. The molecule has 3 rings (SSSR count). The fraction of sp³-hybridized carbons (Fsp3) is 0.600. The van der Waals surface area contributed by atoms with Crippen LogP contribution in [0.25, 0.3) is 0 Å². The van der Waals surface area contributed by atoms with Crippen molar-refractivity contribution < 1.29 is 16.8 Å². The van der Waals surface area contributed by atoms with Crippen LogP contribution < -0.4 is 15.2 Å². The second kappa shape index (κ2) is 6.38. The lowest BCUT2D eigenvalue weighted by Gasteiger charge is -2.28. The first kappa shape index (κ1) is 17.8. The van der Waals surface area contributed by atoms with E-state index in [9.17, 15) is 16.8 Å². The zero-order chi connectivity index (χ0) is 17.4. The summed E-state index contributed by atoms with van der Waals surface area (Å²) in [5, 5.41) is 0. The SMILES string of the molecule is NCC1(NS(=O)(=O)c2ccc(S(=O)(=O)NC3CC3)cc2)CCCC1. The smallest absolute Gasteiger partial charge is 0.241 e. The maximum atomic E-state index is 12.6. The normalized spacial score (nSPS) is 21.0. The van der Waals surface area contributed by atoms with E-state index < -0.39 is 25.6 Å². The van der Waals surface area contributed by atoms with Crippen LogP contribution in [-0.4, -0.2) is 35.0 Å². The van der Waals surface area contributed by atoms with E-state index in [1.165, 1.54) is 24.3 Å². The van der Waals surface area contributed by atoms with Crippen LogP contribution in [0.4, 0.5) is 0 Å².